The summed E-state index contributed by atoms with van der Waals surface area (Å²) in [5.74, 6) is -0.0860. The summed E-state index contributed by atoms with van der Waals surface area (Å²) in [5.41, 5.74) is 6.82. The number of rotatable bonds is 5. The lowest BCUT2D eigenvalue weighted by Gasteiger charge is -2.13. The second-order valence-electron chi connectivity index (χ2n) is 6.83. The molecule has 1 aromatic heterocycles. The van der Waals surface area contributed by atoms with E-state index in [1.165, 1.54) is 36.8 Å². The monoisotopic (exact) mass is 346 g/mol. The number of nitrogens with zero attached hydrogens (tertiary/aromatic N) is 1. The fourth-order valence-electron chi connectivity index (χ4n) is 3.62. The molecular formula is C22H22N2O2. The lowest BCUT2D eigenvalue weighted by atomic mass is 9.92. The van der Waals surface area contributed by atoms with Gasteiger partial charge in [-0.2, -0.15) is 0 Å². The summed E-state index contributed by atoms with van der Waals surface area (Å²) in [5, 5.41) is 8.87. The number of aryl methyl sites for hydroxylation is 1. The van der Waals surface area contributed by atoms with Crippen LogP contribution in [0.5, 0.6) is 0 Å². The summed E-state index contributed by atoms with van der Waals surface area (Å²) in [6.45, 7) is 0. The first-order valence-electron chi connectivity index (χ1n) is 9.20. The highest BCUT2D eigenvalue weighted by atomic mass is 16.4. The van der Waals surface area contributed by atoms with Crippen molar-refractivity contribution in [3.05, 3.63) is 59.9 Å². The predicted molar refractivity (Wildman–Crippen MR) is 104 cm³/mol. The van der Waals surface area contributed by atoms with Crippen LogP contribution >= 0.6 is 0 Å². The van der Waals surface area contributed by atoms with Crippen LogP contribution in [-0.2, 0) is 11.2 Å². The van der Waals surface area contributed by atoms with Crippen molar-refractivity contribution >= 4 is 22.6 Å². The van der Waals surface area contributed by atoms with Crippen LogP contribution in [0.1, 0.15) is 43.5 Å². The molecule has 0 atom stereocenters. The average Bonchev–Trinajstić information content (AvgIpc) is 3.10. The molecule has 132 valence electrons. The number of hydrogen-bond donors (Lipinski definition) is 2. The third kappa shape index (κ3) is 3.40. The fraction of sp³-hybridized carbons (Fsp3) is 0.273. The highest BCUT2D eigenvalue weighted by Gasteiger charge is 2.11. The molecule has 0 radical (unpaired) electrons. The molecule has 2 N–H and O–H groups in total. The minimum absolute atomic E-state index is 0.0823. The van der Waals surface area contributed by atoms with Crippen LogP contribution in [0.15, 0.2) is 48.5 Å². The van der Waals surface area contributed by atoms with Gasteiger partial charge >= 0.3 is 5.97 Å². The number of aliphatic carboxylic acids is 1. The molecule has 4 nitrogen and oxygen atoms in total. The van der Waals surface area contributed by atoms with E-state index >= 15 is 0 Å². The van der Waals surface area contributed by atoms with Gasteiger partial charge in [0.25, 0.3) is 0 Å². The Morgan fingerprint density at radius 1 is 1.08 bits per heavy atom. The maximum Gasteiger partial charge on any atom is 0.303 e. The van der Waals surface area contributed by atoms with Gasteiger partial charge in [-0.05, 0) is 48.4 Å². The van der Waals surface area contributed by atoms with Gasteiger partial charge in [0, 0.05) is 12.0 Å². The van der Waals surface area contributed by atoms with Crippen molar-refractivity contribution < 1.29 is 9.90 Å². The number of aromatic nitrogens is 2. The molecule has 4 heteroatoms. The average molecular weight is 346 g/mol. The fourth-order valence-corrected chi connectivity index (χ4v) is 3.62. The van der Waals surface area contributed by atoms with E-state index in [9.17, 15) is 4.79 Å². The lowest BCUT2D eigenvalue weighted by Crippen LogP contribution is -1.98. The number of nitrogens with one attached hydrogen (secondary N) is 1. The van der Waals surface area contributed by atoms with Gasteiger partial charge in [0.15, 0.2) is 0 Å². The Kier molecular flexibility index (Phi) is 4.57. The van der Waals surface area contributed by atoms with E-state index in [0.717, 1.165) is 28.0 Å². The SMILES string of the molecule is O=C(O)CCc1nc2c(-c3ccc(C4=CCCCC4)cc3)cccc2[nH]1. The van der Waals surface area contributed by atoms with E-state index in [0.29, 0.717) is 6.42 Å². The molecular weight excluding hydrogens is 324 g/mol. The molecule has 1 heterocycles. The van der Waals surface area contributed by atoms with Gasteiger partial charge in [-0.3, -0.25) is 4.79 Å². The molecule has 0 unspecified atom stereocenters. The van der Waals surface area contributed by atoms with Crippen LogP contribution in [-0.4, -0.2) is 21.0 Å². The number of H-pyrrole nitrogens is 1. The van der Waals surface area contributed by atoms with Crippen LogP contribution < -0.4 is 0 Å². The lowest BCUT2D eigenvalue weighted by molar-refractivity contribution is -0.137. The summed E-state index contributed by atoms with van der Waals surface area (Å²) >= 11 is 0. The van der Waals surface area contributed by atoms with Gasteiger partial charge in [-0.1, -0.05) is 42.5 Å². The van der Waals surface area contributed by atoms with Crippen LogP contribution in [0.25, 0.3) is 27.7 Å². The van der Waals surface area contributed by atoms with Gasteiger partial charge in [-0.25, -0.2) is 4.98 Å². The molecule has 0 amide bonds. The molecule has 0 bridgehead atoms. The minimum atomic E-state index is -0.807. The van der Waals surface area contributed by atoms with E-state index in [1.54, 1.807) is 0 Å². The predicted octanol–water partition coefficient (Wildman–Crippen LogP) is 5.20. The van der Waals surface area contributed by atoms with E-state index in [1.807, 2.05) is 12.1 Å². The first-order valence-corrected chi connectivity index (χ1v) is 9.20. The normalized spacial score (nSPS) is 14.4. The van der Waals surface area contributed by atoms with Gasteiger partial charge in [-0.15, -0.1) is 0 Å². The molecule has 0 spiro atoms. The summed E-state index contributed by atoms with van der Waals surface area (Å²) in [6, 6.07) is 14.8. The molecule has 1 aliphatic carbocycles. The van der Waals surface area contributed by atoms with Crippen LogP contribution in [0.4, 0.5) is 0 Å². The number of carbonyl (C=O) groups is 1. The van der Waals surface area contributed by atoms with Crippen molar-refractivity contribution in [3.8, 4) is 11.1 Å². The van der Waals surface area contributed by atoms with Gasteiger partial charge in [0.1, 0.15) is 5.82 Å². The van der Waals surface area contributed by atoms with Gasteiger partial charge < -0.3 is 10.1 Å². The number of para-hydroxylation sites is 1. The number of aromatic amines is 1. The number of fused-ring (bicyclic) bond motifs is 1. The van der Waals surface area contributed by atoms with E-state index in [-0.39, 0.29) is 6.42 Å². The molecule has 0 fully saturated rings. The van der Waals surface area contributed by atoms with Crippen molar-refractivity contribution in [2.75, 3.05) is 0 Å². The molecule has 0 saturated carbocycles. The van der Waals surface area contributed by atoms with E-state index in [4.69, 9.17) is 5.11 Å². The summed E-state index contributed by atoms with van der Waals surface area (Å²) in [6.07, 6.45) is 7.79. The Morgan fingerprint density at radius 2 is 1.88 bits per heavy atom. The number of carboxylic acid groups (broad SMARTS) is 1. The topological polar surface area (TPSA) is 66.0 Å². The highest BCUT2D eigenvalue weighted by molar-refractivity contribution is 5.92. The van der Waals surface area contributed by atoms with Crippen LogP contribution in [0.2, 0.25) is 0 Å². The molecule has 26 heavy (non-hydrogen) atoms. The quantitative estimate of drug-likeness (QED) is 0.667. The van der Waals surface area contributed by atoms with E-state index < -0.39 is 5.97 Å². The zero-order chi connectivity index (χ0) is 17.9. The first-order chi connectivity index (χ1) is 12.7. The second-order valence-corrected chi connectivity index (χ2v) is 6.83. The number of allylic oxidation sites excluding steroid dienone is 2. The Hall–Kier alpha value is -2.88. The maximum atomic E-state index is 10.8. The van der Waals surface area contributed by atoms with Crippen molar-refractivity contribution in [2.24, 2.45) is 0 Å². The van der Waals surface area contributed by atoms with Crippen molar-refractivity contribution in [1.82, 2.24) is 9.97 Å². The zero-order valence-corrected chi connectivity index (χ0v) is 14.7. The number of imidazole rings is 1. The molecule has 2 aromatic carbocycles. The third-order valence-electron chi connectivity index (χ3n) is 5.00. The van der Waals surface area contributed by atoms with Gasteiger partial charge in [0.2, 0.25) is 0 Å². The first kappa shape index (κ1) is 16.6. The third-order valence-corrected chi connectivity index (χ3v) is 5.00. The molecule has 4 rings (SSSR count). The molecule has 0 aliphatic heterocycles. The summed E-state index contributed by atoms with van der Waals surface area (Å²) in [4.78, 5) is 18.7. The Morgan fingerprint density at radius 3 is 2.62 bits per heavy atom. The standard InChI is InChI=1S/C22H22N2O2/c25-21(26)14-13-20-23-19-8-4-7-18(22(19)24-20)17-11-9-16(10-12-17)15-5-2-1-3-6-15/h4-5,7-12H,1-3,6,13-14H2,(H,23,24)(H,25,26). The van der Waals surface area contributed by atoms with Crippen molar-refractivity contribution in [3.63, 3.8) is 0 Å². The van der Waals surface area contributed by atoms with Crippen molar-refractivity contribution in [2.45, 2.75) is 38.5 Å². The Bertz CT molecular complexity index is 967. The number of carboxylic acids is 1. The van der Waals surface area contributed by atoms with Crippen molar-refractivity contribution in [1.29, 1.82) is 0 Å². The number of hydrogen-bond acceptors (Lipinski definition) is 2. The van der Waals surface area contributed by atoms with Gasteiger partial charge in [0.05, 0.1) is 17.5 Å². The Labute approximate surface area is 152 Å². The summed E-state index contributed by atoms with van der Waals surface area (Å²) in [7, 11) is 0. The second kappa shape index (κ2) is 7.16. The van der Waals surface area contributed by atoms with Crippen LogP contribution in [0.3, 0.4) is 0 Å². The molecule has 3 aromatic rings. The number of benzene rings is 2. The summed E-state index contributed by atoms with van der Waals surface area (Å²) < 4.78 is 0. The molecule has 0 saturated heterocycles. The zero-order valence-electron chi connectivity index (χ0n) is 14.7. The Balaban J connectivity index is 1.65. The minimum Gasteiger partial charge on any atom is -0.481 e. The van der Waals surface area contributed by atoms with E-state index in [2.05, 4.69) is 46.4 Å². The maximum absolute atomic E-state index is 10.8. The largest absolute Gasteiger partial charge is 0.481 e. The smallest absolute Gasteiger partial charge is 0.303 e. The van der Waals surface area contributed by atoms with Crippen LogP contribution in [0, 0.1) is 0 Å². The highest BCUT2D eigenvalue weighted by Crippen LogP contribution is 2.31. The molecule has 1 aliphatic rings.